The number of hydrogen-bond donors (Lipinski definition) is 1. The van der Waals surface area contributed by atoms with Crippen molar-refractivity contribution < 1.29 is 0 Å². The second kappa shape index (κ2) is 2.97. The molecule has 0 aliphatic heterocycles. The monoisotopic (exact) mass is 131 g/mol. The maximum Gasteiger partial charge on any atom is 0.0250 e. The van der Waals surface area contributed by atoms with E-state index in [9.17, 15) is 0 Å². The molecule has 50 valence electrons. The summed E-state index contributed by atoms with van der Waals surface area (Å²) in [5.41, 5.74) is 1.97. The van der Waals surface area contributed by atoms with Gasteiger partial charge in [-0.2, -0.15) is 0 Å². The van der Waals surface area contributed by atoms with Crippen molar-refractivity contribution in [3.63, 3.8) is 0 Å². The van der Waals surface area contributed by atoms with E-state index >= 15 is 0 Å². The van der Waals surface area contributed by atoms with Gasteiger partial charge in [-0.05, 0) is 17.2 Å². The highest BCUT2D eigenvalue weighted by Crippen LogP contribution is 2.03. The third kappa shape index (κ3) is 1.32. The highest BCUT2D eigenvalue weighted by molar-refractivity contribution is 5.78. The number of hydrogen-bond acceptors (Lipinski definition) is 1. The molecule has 0 fully saturated rings. The van der Waals surface area contributed by atoms with Gasteiger partial charge < -0.3 is 5.41 Å². The van der Waals surface area contributed by atoms with Gasteiger partial charge in [-0.25, -0.2) is 0 Å². The Morgan fingerprint density at radius 2 is 2.00 bits per heavy atom. The molecule has 0 heterocycles. The Morgan fingerprint density at radius 1 is 1.30 bits per heavy atom. The van der Waals surface area contributed by atoms with Crippen LogP contribution in [0.4, 0.5) is 0 Å². The van der Waals surface area contributed by atoms with Crippen LogP contribution < -0.4 is 0 Å². The second-order valence-corrected chi connectivity index (χ2v) is 2.02. The van der Waals surface area contributed by atoms with Crippen LogP contribution >= 0.6 is 0 Å². The quantitative estimate of drug-likeness (QED) is 0.595. The van der Waals surface area contributed by atoms with Gasteiger partial charge in [0, 0.05) is 6.21 Å². The normalized spacial score (nSPS) is 8.80. The Labute approximate surface area is 60.5 Å². The van der Waals surface area contributed by atoms with Gasteiger partial charge in [0.05, 0.1) is 0 Å². The van der Waals surface area contributed by atoms with E-state index in [1.165, 1.54) is 6.21 Å². The second-order valence-electron chi connectivity index (χ2n) is 2.02. The van der Waals surface area contributed by atoms with Crippen LogP contribution in [-0.2, 0) is 0 Å². The molecule has 0 spiro atoms. The van der Waals surface area contributed by atoms with Crippen molar-refractivity contribution in [3.05, 3.63) is 42.0 Å². The fourth-order valence-electron chi connectivity index (χ4n) is 0.776. The van der Waals surface area contributed by atoms with Crippen molar-refractivity contribution in [2.75, 3.05) is 0 Å². The molecule has 1 nitrogen and oxygen atoms in total. The van der Waals surface area contributed by atoms with E-state index in [0.717, 1.165) is 11.1 Å². The minimum atomic E-state index is 0.914. The van der Waals surface area contributed by atoms with E-state index in [4.69, 9.17) is 5.41 Å². The molecule has 0 aliphatic rings. The van der Waals surface area contributed by atoms with Crippen LogP contribution in [0, 0.1) is 5.41 Å². The molecular formula is C9H9N. The minimum absolute atomic E-state index is 0.914. The summed E-state index contributed by atoms with van der Waals surface area (Å²) in [6.07, 6.45) is 3.10. The molecule has 0 unspecified atom stereocenters. The zero-order valence-corrected chi connectivity index (χ0v) is 5.67. The summed E-state index contributed by atoms with van der Waals surface area (Å²) in [6, 6.07) is 7.68. The number of benzene rings is 1. The Balaban J connectivity index is 3.09. The van der Waals surface area contributed by atoms with Gasteiger partial charge in [0.1, 0.15) is 0 Å². The summed E-state index contributed by atoms with van der Waals surface area (Å²) in [7, 11) is 0. The van der Waals surface area contributed by atoms with E-state index < -0.39 is 0 Å². The van der Waals surface area contributed by atoms with Crippen LogP contribution in [-0.4, -0.2) is 6.21 Å². The van der Waals surface area contributed by atoms with Crippen molar-refractivity contribution in [2.24, 2.45) is 0 Å². The SMILES string of the molecule is C=Cc1cccc(C=N)c1. The highest BCUT2D eigenvalue weighted by Gasteiger charge is 1.86. The van der Waals surface area contributed by atoms with Gasteiger partial charge in [0.2, 0.25) is 0 Å². The van der Waals surface area contributed by atoms with Gasteiger partial charge in [-0.15, -0.1) is 0 Å². The predicted octanol–water partition coefficient (Wildman–Crippen LogP) is 2.33. The van der Waals surface area contributed by atoms with E-state index in [-0.39, 0.29) is 0 Å². The first-order valence-electron chi connectivity index (χ1n) is 3.10. The van der Waals surface area contributed by atoms with Gasteiger partial charge in [-0.3, -0.25) is 0 Å². The summed E-state index contributed by atoms with van der Waals surface area (Å²) in [4.78, 5) is 0. The van der Waals surface area contributed by atoms with E-state index in [2.05, 4.69) is 6.58 Å². The zero-order valence-electron chi connectivity index (χ0n) is 5.67. The third-order valence-corrected chi connectivity index (χ3v) is 1.31. The molecular weight excluding hydrogens is 122 g/mol. The molecule has 0 amide bonds. The Morgan fingerprint density at radius 3 is 2.60 bits per heavy atom. The molecule has 1 rings (SSSR count). The first kappa shape index (κ1) is 6.75. The van der Waals surface area contributed by atoms with Crippen LogP contribution in [0.15, 0.2) is 30.8 Å². The smallest absolute Gasteiger partial charge is 0.0250 e. The first-order chi connectivity index (χ1) is 4.86. The standard InChI is InChI=1S/C9H9N/c1-2-8-4-3-5-9(6-8)7-10/h2-7,10H,1H2. The summed E-state index contributed by atoms with van der Waals surface area (Å²) in [5.74, 6) is 0. The molecule has 0 bridgehead atoms. The summed E-state index contributed by atoms with van der Waals surface area (Å²) in [6.45, 7) is 3.63. The zero-order chi connectivity index (χ0) is 7.40. The van der Waals surface area contributed by atoms with E-state index in [1.807, 2.05) is 24.3 Å². The summed E-state index contributed by atoms with van der Waals surface area (Å²) >= 11 is 0. The predicted molar refractivity (Wildman–Crippen MR) is 44.4 cm³/mol. The Hall–Kier alpha value is -1.37. The molecule has 1 N–H and O–H groups in total. The summed E-state index contributed by atoms with van der Waals surface area (Å²) in [5, 5.41) is 6.96. The molecule has 1 heteroatoms. The van der Waals surface area contributed by atoms with E-state index in [1.54, 1.807) is 6.08 Å². The molecule has 0 radical (unpaired) electrons. The van der Waals surface area contributed by atoms with Crippen molar-refractivity contribution in [2.45, 2.75) is 0 Å². The van der Waals surface area contributed by atoms with Gasteiger partial charge in [-0.1, -0.05) is 30.9 Å². The molecule has 0 saturated heterocycles. The average Bonchev–Trinajstić information content (AvgIpc) is 2.05. The van der Waals surface area contributed by atoms with Crippen LogP contribution in [0.3, 0.4) is 0 Å². The molecule has 0 saturated carbocycles. The van der Waals surface area contributed by atoms with Crippen molar-refractivity contribution in [1.82, 2.24) is 0 Å². The molecule has 1 aromatic carbocycles. The lowest BCUT2D eigenvalue weighted by molar-refractivity contribution is 1.53. The largest absolute Gasteiger partial charge is 0.308 e. The fraction of sp³-hybridized carbons (Fsp3) is 0. The van der Waals surface area contributed by atoms with Gasteiger partial charge >= 0.3 is 0 Å². The lowest BCUT2D eigenvalue weighted by Crippen LogP contribution is -1.78. The minimum Gasteiger partial charge on any atom is -0.308 e. The lowest BCUT2D eigenvalue weighted by atomic mass is 10.1. The molecule has 0 aliphatic carbocycles. The van der Waals surface area contributed by atoms with Crippen molar-refractivity contribution >= 4 is 12.3 Å². The fourth-order valence-corrected chi connectivity index (χ4v) is 0.776. The van der Waals surface area contributed by atoms with Crippen LogP contribution in [0.1, 0.15) is 11.1 Å². The number of rotatable bonds is 2. The molecule has 0 atom stereocenters. The number of nitrogens with one attached hydrogen (secondary N) is 1. The van der Waals surface area contributed by atoms with Gasteiger partial charge in [0.25, 0.3) is 0 Å². The maximum absolute atomic E-state index is 6.96. The highest BCUT2D eigenvalue weighted by atomic mass is 14.3. The summed E-state index contributed by atoms with van der Waals surface area (Å²) < 4.78 is 0. The Kier molecular flexibility index (Phi) is 2.00. The molecule has 0 aromatic heterocycles. The van der Waals surface area contributed by atoms with Crippen molar-refractivity contribution in [3.8, 4) is 0 Å². The Bertz CT molecular complexity index is 227. The third-order valence-electron chi connectivity index (χ3n) is 1.31. The van der Waals surface area contributed by atoms with Crippen LogP contribution in [0.2, 0.25) is 0 Å². The molecule has 1 aromatic rings. The first-order valence-corrected chi connectivity index (χ1v) is 3.10. The maximum atomic E-state index is 6.96. The topological polar surface area (TPSA) is 23.9 Å². The molecule has 10 heavy (non-hydrogen) atoms. The van der Waals surface area contributed by atoms with Gasteiger partial charge in [0.15, 0.2) is 0 Å². The van der Waals surface area contributed by atoms with Crippen molar-refractivity contribution in [1.29, 1.82) is 5.41 Å². The van der Waals surface area contributed by atoms with E-state index in [0.29, 0.717) is 0 Å². The lowest BCUT2D eigenvalue weighted by Gasteiger charge is -1.92. The van der Waals surface area contributed by atoms with Crippen LogP contribution in [0.25, 0.3) is 6.08 Å². The average molecular weight is 131 g/mol. The van der Waals surface area contributed by atoms with Crippen LogP contribution in [0.5, 0.6) is 0 Å².